The normalized spacial score (nSPS) is 14.7. The first-order valence-electron chi connectivity index (χ1n) is 5.31. The Morgan fingerprint density at radius 2 is 2.07 bits per heavy atom. The molecule has 0 fully saturated rings. The maximum Gasteiger partial charge on any atom is 0.0522 e. The topological polar surface area (TPSA) is 20.2 Å². The number of aliphatic hydroxyl groups is 1. The Bertz CT molecular complexity index is 354. The molecule has 1 heteroatoms. The number of rotatable bonds is 4. The molecule has 0 radical (unpaired) electrons. The summed E-state index contributed by atoms with van der Waals surface area (Å²) in [6, 6.07) is 6.43. The van der Waals surface area contributed by atoms with Crippen LogP contribution in [-0.4, -0.2) is 11.7 Å². The highest BCUT2D eigenvalue weighted by Crippen LogP contribution is 2.25. The van der Waals surface area contributed by atoms with Gasteiger partial charge in [-0.2, -0.15) is 0 Å². The number of hydrogen-bond donors (Lipinski definition) is 1. The average Bonchev–Trinajstić information content (AvgIpc) is 2.23. The molecule has 0 amide bonds. The predicted molar refractivity (Wildman–Crippen MR) is 65.0 cm³/mol. The Kier molecular flexibility index (Phi) is 3.70. The van der Waals surface area contributed by atoms with Crippen molar-refractivity contribution < 1.29 is 5.11 Å². The quantitative estimate of drug-likeness (QED) is 0.747. The molecule has 1 aromatic carbocycles. The summed E-state index contributed by atoms with van der Waals surface area (Å²) in [5, 5.41) is 9.34. The molecule has 1 aromatic rings. The maximum absolute atomic E-state index is 9.34. The van der Waals surface area contributed by atoms with Crippen molar-refractivity contribution in [2.24, 2.45) is 5.41 Å². The minimum Gasteiger partial charge on any atom is -0.395 e. The van der Waals surface area contributed by atoms with Gasteiger partial charge in [0, 0.05) is 5.41 Å². The minimum atomic E-state index is -0.210. The van der Waals surface area contributed by atoms with E-state index in [1.54, 1.807) is 0 Å². The smallest absolute Gasteiger partial charge is 0.0522 e. The Hall–Kier alpha value is -1.08. The molecular formula is C14H20O. The molecule has 0 aliphatic carbocycles. The van der Waals surface area contributed by atoms with Gasteiger partial charge >= 0.3 is 0 Å². The Balaban J connectivity index is 2.97. The molecular weight excluding hydrogens is 184 g/mol. The second-order valence-electron chi connectivity index (χ2n) is 4.62. The standard InChI is InChI=1S/C14H20O/c1-5-14(4,10-15)9-13-8-11(2)6-7-12(13)3/h5-8,15H,1,9-10H2,2-4H3. The van der Waals surface area contributed by atoms with Crippen LogP contribution in [0, 0.1) is 19.3 Å². The van der Waals surface area contributed by atoms with E-state index in [1.807, 2.05) is 13.0 Å². The summed E-state index contributed by atoms with van der Waals surface area (Å²) in [7, 11) is 0. The fourth-order valence-corrected chi connectivity index (χ4v) is 1.62. The highest BCUT2D eigenvalue weighted by atomic mass is 16.3. The molecule has 0 aliphatic heterocycles. The second-order valence-corrected chi connectivity index (χ2v) is 4.62. The molecule has 0 saturated heterocycles. The van der Waals surface area contributed by atoms with Gasteiger partial charge in [0.05, 0.1) is 6.61 Å². The van der Waals surface area contributed by atoms with E-state index in [0.29, 0.717) is 0 Å². The third-order valence-electron chi connectivity index (χ3n) is 2.95. The zero-order valence-electron chi connectivity index (χ0n) is 9.88. The fourth-order valence-electron chi connectivity index (χ4n) is 1.62. The van der Waals surface area contributed by atoms with Crippen molar-refractivity contribution in [3.05, 3.63) is 47.5 Å². The Morgan fingerprint density at radius 1 is 1.40 bits per heavy atom. The van der Waals surface area contributed by atoms with Gasteiger partial charge in [-0.25, -0.2) is 0 Å². The first-order chi connectivity index (χ1) is 7.00. The van der Waals surface area contributed by atoms with Crippen LogP contribution in [0.15, 0.2) is 30.9 Å². The molecule has 1 atom stereocenters. The Morgan fingerprint density at radius 3 is 2.60 bits per heavy atom. The van der Waals surface area contributed by atoms with E-state index in [9.17, 15) is 5.11 Å². The van der Waals surface area contributed by atoms with Crippen molar-refractivity contribution in [1.29, 1.82) is 0 Å². The molecule has 0 bridgehead atoms. The fraction of sp³-hybridized carbons (Fsp3) is 0.429. The predicted octanol–water partition coefficient (Wildman–Crippen LogP) is 3.03. The first kappa shape index (κ1) is 12.0. The molecule has 82 valence electrons. The van der Waals surface area contributed by atoms with Crippen molar-refractivity contribution in [2.45, 2.75) is 27.2 Å². The van der Waals surface area contributed by atoms with Crippen LogP contribution in [0.1, 0.15) is 23.6 Å². The van der Waals surface area contributed by atoms with Crippen LogP contribution >= 0.6 is 0 Å². The summed E-state index contributed by atoms with van der Waals surface area (Å²) in [4.78, 5) is 0. The molecule has 0 spiro atoms. The van der Waals surface area contributed by atoms with Gasteiger partial charge < -0.3 is 5.11 Å². The lowest BCUT2D eigenvalue weighted by Crippen LogP contribution is -2.21. The Labute approximate surface area is 92.5 Å². The summed E-state index contributed by atoms with van der Waals surface area (Å²) in [6.45, 7) is 10.2. The molecule has 0 heterocycles. The van der Waals surface area contributed by atoms with Crippen LogP contribution in [0.2, 0.25) is 0 Å². The monoisotopic (exact) mass is 204 g/mol. The largest absolute Gasteiger partial charge is 0.395 e. The van der Waals surface area contributed by atoms with E-state index in [4.69, 9.17) is 0 Å². The molecule has 15 heavy (non-hydrogen) atoms. The van der Waals surface area contributed by atoms with Gasteiger partial charge in [0.1, 0.15) is 0 Å². The minimum absolute atomic E-state index is 0.143. The van der Waals surface area contributed by atoms with Crippen molar-refractivity contribution in [3.8, 4) is 0 Å². The van der Waals surface area contributed by atoms with E-state index >= 15 is 0 Å². The van der Waals surface area contributed by atoms with Crippen LogP contribution in [0.3, 0.4) is 0 Å². The molecule has 0 aliphatic rings. The highest BCUT2D eigenvalue weighted by Gasteiger charge is 2.20. The second kappa shape index (κ2) is 4.63. The van der Waals surface area contributed by atoms with Crippen LogP contribution in [0.4, 0.5) is 0 Å². The summed E-state index contributed by atoms with van der Waals surface area (Å²) in [5.74, 6) is 0. The van der Waals surface area contributed by atoms with Gasteiger partial charge in [0.2, 0.25) is 0 Å². The maximum atomic E-state index is 9.34. The third kappa shape index (κ3) is 2.93. The van der Waals surface area contributed by atoms with Crippen molar-refractivity contribution >= 4 is 0 Å². The summed E-state index contributed by atoms with van der Waals surface area (Å²) >= 11 is 0. The lowest BCUT2D eigenvalue weighted by molar-refractivity contribution is 0.184. The van der Waals surface area contributed by atoms with Crippen molar-refractivity contribution in [3.63, 3.8) is 0 Å². The van der Waals surface area contributed by atoms with E-state index in [-0.39, 0.29) is 12.0 Å². The van der Waals surface area contributed by atoms with Crippen LogP contribution in [0.25, 0.3) is 0 Å². The van der Waals surface area contributed by atoms with E-state index in [2.05, 4.69) is 38.6 Å². The van der Waals surface area contributed by atoms with Crippen LogP contribution in [0.5, 0.6) is 0 Å². The highest BCUT2D eigenvalue weighted by molar-refractivity contribution is 5.31. The van der Waals surface area contributed by atoms with Crippen molar-refractivity contribution in [1.82, 2.24) is 0 Å². The molecule has 0 aromatic heterocycles. The van der Waals surface area contributed by atoms with E-state index in [0.717, 1.165) is 6.42 Å². The lowest BCUT2D eigenvalue weighted by Gasteiger charge is -2.24. The average molecular weight is 204 g/mol. The third-order valence-corrected chi connectivity index (χ3v) is 2.95. The van der Waals surface area contributed by atoms with Gasteiger partial charge in [-0.1, -0.05) is 36.8 Å². The summed E-state index contributed by atoms with van der Waals surface area (Å²) in [5.41, 5.74) is 3.63. The number of benzene rings is 1. The van der Waals surface area contributed by atoms with E-state index in [1.165, 1.54) is 16.7 Å². The molecule has 1 N–H and O–H groups in total. The van der Waals surface area contributed by atoms with Gasteiger partial charge in [0.15, 0.2) is 0 Å². The molecule has 1 unspecified atom stereocenters. The first-order valence-corrected chi connectivity index (χ1v) is 5.31. The summed E-state index contributed by atoms with van der Waals surface area (Å²) in [6.07, 6.45) is 2.69. The van der Waals surface area contributed by atoms with Gasteiger partial charge in [-0.05, 0) is 31.4 Å². The zero-order valence-corrected chi connectivity index (χ0v) is 9.88. The lowest BCUT2D eigenvalue weighted by atomic mass is 9.83. The van der Waals surface area contributed by atoms with Crippen LogP contribution in [-0.2, 0) is 6.42 Å². The van der Waals surface area contributed by atoms with Crippen LogP contribution < -0.4 is 0 Å². The molecule has 1 nitrogen and oxygen atoms in total. The van der Waals surface area contributed by atoms with Crippen molar-refractivity contribution in [2.75, 3.05) is 6.61 Å². The number of aryl methyl sites for hydroxylation is 2. The molecule has 1 rings (SSSR count). The molecule has 0 saturated carbocycles. The number of aliphatic hydroxyl groups excluding tert-OH is 1. The van der Waals surface area contributed by atoms with Gasteiger partial charge in [0.25, 0.3) is 0 Å². The summed E-state index contributed by atoms with van der Waals surface area (Å²) < 4.78 is 0. The zero-order chi connectivity index (χ0) is 11.5. The van der Waals surface area contributed by atoms with Gasteiger partial charge in [-0.15, -0.1) is 6.58 Å². The van der Waals surface area contributed by atoms with Gasteiger partial charge in [-0.3, -0.25) is 0 Å². The number of hydrogen-bond acceptors (Lipinski definition) is 1. The SMILES string of the molecule is C=CC(C)(CO)Cc1cc(C)ccc1C. The van der Waals surface area contributed by atoms with E-state index < -0.39 is 0 Å².